The molecular formula is C12H19ClN2O. The summed E-state index contributed by atoms with van der Waals surface area (Å²) < 4.78 is 5.31. The van der Waals surface area contributed by atoms with E-state index in [1.807, 2.05) is 32.3 Å². The molecule has 0 atom stereocenters. The molecule has 1 N–H and O–H groups in total. The van der Waals surface area contributed by atoms with Crippen LogP contribution in [-0.4, -0.2) is 34.3 Å². The minimum absolute atomic E-state index is 0.733. The van der Waals surface area contributed by atoms with Crippen LogP contribution in [0, 0.1) is 0 Å². The molecule has 0 amide bonds. The second kappa shape index (κ2) is 6.61. The molecule has 0 saturated carbocycles. The van der Waals surface area contributed by atoms with Gasteiger partial charge in [0, 0.05) is 18.6 Å². The van der Waals surface area contributed by atoms with E-state index in [4.69, 9.17) is 16.3 Å². The van der Waals surface area contributed by atoms with Crippen molar-refractivity contribution < 1.29 is 4.74 Å². The third-order valence-electron chi connectivity index (χ3n) is 2.47. The highest BCUT2D eigenvalue weighted by atomic mass is 35.5. The zero-order chi connectivity index (χ0) is 12.0. The van der Waals surface area contributed by atoms with Crippen LogP contribution in [0.15, 0.2) is 18.2 Å². The molecule has 0 heterocycles. The molecule has 0 aliphatic carbocycles. The van der Waals surface area contributed by atoms with E-state index in [-0.39, 0.29) is 0 Å². The van der Waals surface area contributed by atoms with Gasteiger partial charge in [0.2, 0.25) is 0 Å². The summed E-state index contributed by atoms with van der Waals surface area (Å²) >= 11 is 5.98. The van der Waals surface area contributed by atoms with Crippen LogP contribution >= 0.6 is 11.6 Å². The molecule has 16 heavy (non-hydrogen) atoms. The van der Waals surface area contributed by atoms with E-state index < -0.39 is 0 Å². The van der Waals surface area contributed by atoms with E-state index in [1.54, 1.807) is 7.11 Å². The van der Waals surface area contributed by atoms with Gasteiger partial charge in [-0.1, -0.05) is 11.6 Å². The molecule has 0 unspecified atom stereocenters. The van der Waals surface area contributed by atoms with Gasteiger partial charge in [0.1, 0.15) is 5.75 Å². The Labute approximate surface area is 102 Å². The predicted octanol–water partition coefficient (Wildman–Crippen LogP) is 2.39. The zero-order valence-corrected chi connectivity index (χ0v) is 10.8. The highest BCUT2D eigenvalue weighted by Gasteiger charge is 2.08. The van der Waals surface area contributed by atoms with E-state index >= 15 is 0 Å². The average Bonchev–Trinajstić information content (AvgIpc) is 2.29. The van der Waals surface area contributed by atoms with E-state index in [0.717, 1.165) is 36.0 Å². The van der Waals surface area contributed by atoms with Crippen LogP contribution in [-0.2, 0) is 0 Å². The molecular weight excluding hydrogens is 224 g/mol. The van der Waals surface area contributed by atoms with Gasteiger partial charge in [0.15, 0.2) is 0 Å². The molecule has 0 fully saturated rings. The SMILES string of the molecule is CNCCCN(C)c1cc(Cl)ccc1OC. The van der Waals surface area contributed by atoms with Crippen molar-refractivity contribution in [1.82, 2.24) is 5.32 Å². The Morgan fingerprint density at radius 2 is 2.19 bits per heavy atom. The first-order valence-electron chi connectivity index (χ1n) is 5.38. The molecule has 90 valence electrons. The molecule has 0 bridgehead atoms. The third-order valence-corrected chi connectivity index (χ3v) is 2.71. The van der Waals surface area contributed by atoms with Crippen LogP contribution in [0.3, 0.4) is 0 Å². The molecule has 0 aliphatic rings. The maximum atomic E-state index is 5.98. The van der Waals surface area contributed by atoms with Gasteiger partial charge in [-0.05, 0) is 38.2 Å². The monoisotopic (exact) mass is 242 g/mol. The van der Waals surface area contributed by atoms with E-state index in [1.165, 1.54) is 0 Å². The summed E-state index contributed by atoms with van der Waals surface area (Å²) in [5, 5.41) is 3.86. The number of hydrogen-bond donors (Lipinski definition) is 1. The average molecular weight is 243 g/mol. The first-order valence-corrected chi connectivity index (χ1v) is 5.76. The van der Waals surface area contributed by atoms with Gasteiger partial charge in [0.25, 0.3) is 0 Å². The summed E-state index contributed by atoms with van der Waals surface area (Å²) in [5.41, 5.74) is 1.03. The fourth-order valence-electron chi connectivity index (χ4n) is 1.57. The van der Waals surface area contributed by atoms with Gasteiger partial charge in [-0.2, -0.15) is 0 Å². The number of halogens is 1. The van der Waals surface area contributed by atoms with E-state index in [0.29, 0.717) is 0 Å². The number of hydrogen-bond acceptors (Lipinski definition) is 3. The van der Waals surface area contributed by atoms with Crippen LogP contribution in [0.1, 0.15) is 6.42 Å². The van der Waals surface area contributed by atoms with Crippen molar-refractivity contribution in [3.05, 3.63) is 23.2 Å². The molecule has 4 heteroatoms. The number of ether oxygens (including phenoxy) is 1. The lowest BCUT2D eigenvalue weighted by atomic mass is 10.2. The fourth-order valence-corrected chi connectivity index (χ4v) is 1.74. The molecule has 1 aromatic rings. The van der Waals surface area contributed by atoms with Gasteiger partial charge >= 0.3 is 0 Å². The molecule has 0 saturated heterocycles. The van der Waals surface area contributed by atoms with Crippen molar-refractivity contribution in [2.24, 2.45) is 0 Å². The Morgan fingerprint density at radius 3 is 2.81 bits per heavy atom. The minimum atomic E-state index is 0.733. The van der Waals surface area contributed by atoms with Crippen molar-refractivity contribution in [1.29, 1.82) is 0 Å². The summed E-state index contributed by atoms with van der Waals surface area (Å²) in [7, 11) is 5.68. The predicted molar refractivity (Wildman–Crippen MR) is 69.8 cm³/mol. The van der Waals surface area contributed by atoms with E-state index in [9.17, 15) is 0 Å². The summed E-state index contributed by atoms with van der Waals surface area (Å²) in [4.78, 5) is 2.15. The lowest BCUT2D eigenvalue weighted by Gasteiger charge is -2.21. The van der Waals surface area contributed by atoms with Crippen LogP contribution in [0.5, 0.6) is 5.75 Å². The van der Waals surface area contributed by atoms with E-state index in [2.05, 4.69) is 10.2 Å². The van der Waals surface area contributed by atoms with Crippen molar-refractivity contribution >= 4 is 17.3 Å². The Hall–Kier alpha value is -0.930. The van der Waals surface area contributed by atoms with Crippen LogP contribution in [0.25, 0.3) is 0 Å². The van der Waals surface area contributed by atoms with Crippen molar-refractivity contribution in [3.63, 3.8) is 0 Å². The number of benzene rings is 1. The molecule has 0 aromatic heterocycles. The highest BCUT2D eigenvalue weighted by Crippen LogP contribution is 2.30. The maximum Gasteiger partial charge on any atom is 0.142 e. The lowest BCUT2D eigenvalue weighted by molar-refractivity contribution is 0.414. The number of nitrogens with one attached hydrogen (secondary N) is 1. The molecule has 0 radical (unpaired) electrons. The van der Waals surface area contributed by atoms with Gasteiger partial charge in [-0.15, -0.1) is 0 Å². The normalized spacial score (nSPS) is 10.2. The summed E-state index contributed by atoms with van der Waals surface area (Å²) in [6.45, 7) is 1.98. The second-order valence-corrected chi connectivity index (χ2v) is 4.13. The van der Waals surface area contributed by atoms with Crippen LogP contribution in [0.2, 0.25) is 5.02 Å². The smallest absolute Gasteiger partial charge is 0.142 e. The first-order chi connectivity index (χ1) is 7.69. The number of rotatable bonds is 6. The van der Waals surface area contributed by atoms with Crippen LogP contribution in [0.4, 0.5) is 5.69 Å². The van der Waals surface area contributed by atoms with Crippen molar-refractivity contribution in [3.8, 4) is 5.75 Å². The van der Waals surface area contributed by atoms with Gasteiger partial charge in [-0.25, -0.2) is 0 Å². The third kappa shape index (κ3) is 3.58. The lowest BCUT2D eigenvalue weighted by Crippen LogP contribution is -2.22. The first kappa shape index (κ1) is 13.1. The fraction of sp³-hybridized carbons (Fsp3) is 0.500. The summed E-state index contributed by atoms with van der Waals surface area (Å²) in [6, 6.07) is 5.66. The van der Waals surface area contributed by atoms with Gasteiger partial charge in [0.05, 0.1) is 12.8 Å². The highest BCUT2D eigenvalue weighted by molar-refractivity contribution is 6.30. The largest absolute Gasteiger partial charge is 0.495 e. The Kier molecular flexibility index (Phi) is 5.43. The Bertz CT molecular complexity index is 331. The molecule has 0 aliphatic heterocycles. The van der Waals surface area contributed by atoms with Gasteiger partial charge in [-0.3, -0.25) is 0 Å². The molecule has 1 rings (SSSR count). The molecule has 0 spiro atoms. The second-order valence-electron chi connectivity index (χ2n) is 3.69. The zero-order valence-electron chi connectivity index (χ0n) is 10.1. The number of anilines is 1. The van der Waals surface area contributed by atoms with Gasteiger partial charge < -0.3 is 15.0 Å². The standard InChI is InChI=1S/C12H19ClN2O/c1-14-7-4-8-15(2)11-9-10(13)5-6-12(11)16-3/h5-6,9,14H,4,7-8H2,1-3H3. The number of methoxy groups -OCH3 is 1. The Morgan fingerprint density at radius 1 is 1.44 bits per heavy atom. The molecule has 1 aromatic carbocycles. The van der Waals surface area contributed by atoms with Crippen molar-refractivity contribution in [2.75, 3.05) is 39.2 Å². The minimum Gasteiger partial charge on any atom is -0.495 e. The maximum absolute atomic E-state index is 5.98. The Balaban J connectivity index is 2.72. The quantitative estimate of drug-likeness (QED) is 0.776. The summed E-state index contributed by atoms with van der Waals surface area (Å²) in [5.74, 6) is 0.858. The van der Waals surface area contributed by atoms with Crippen LogP contribution < -0.4 is 15.0 Å². The van der Waals surface area contributed by atoms with Crippen molar-refractivity contribution in [2.45, 2.75) is 6.42 Å². The summed E-state index contributed by atoms with van der Waals surface area (Å²) in [6.07, 6.45) is 1.09. The number of nitrogens with zero attached hydrogens (tertiary/aromatic N) is 1. The topological polar surface area (TPSA) is 24.5 Å². The molecule has 3 nitrogen and oxygen atoms in total.